The van der Waals surface area contributed by atoms with Gasteiger partial charge in [0.05, 0.1) is 6.42 Å². The molecule has 0 aromatic rings. The fraction of sp³-hybridized carbons (Fsp3) is 0.846. The second-order valence-corrected chi connectivity index (χ2v) is 5.18. The molecule has 0 fully saturated rings. The topological polar surface area (TPSA) is 81.7 Å². The molecule has 0 saturated carbocycles. The van der Waals surface area contributed by atoms with E-state index in [1.165, 1.54) is 0 Å². The Labute approximate surface area is 115 Å². The van der Waals surface area contributed by atoms with Crippen LogP contribution in [0.15, 0.2) is 0 Å². The summed E-state index contributed by atoms with van der Waals surface area (Å²) in [4.78, 5) is 24.1. The second kappa shape index (κ2) is 9.61. The van der Waals surface area contributed by atoms with Gasteiger partial charge in [0.2, 0.25) is 0 Å². The highest BCUT2D eigenvalue weighted by atomic mass is 16.4. The molecule has 0 aliphatic rings. The largest absolute Gasteiger partial charge is 0.481 e. The molecule has 2 amide bonds. The summed E-state index contributed by atoms with van der Waals surface area (Å²) < 4.78 is 0. The van der Waals surface area contributed by atoms with Gasteiger partial charge in [0.25, 0.3) is 0 Å². The molecule has 0 aromatic heterocycles. The first-order valence-corrected chi connectivity index (χ1v) is 6.79. The number of nitrogens with one attached hydrogen (secondary N) is 2. The predicted molar refractivity (Wildman–Crippen MR) is 75.2 cm³/mol. The summed E-state index contributed by atoms with van der Waals surface area (Å²) in [5.41, 5.74) is 0. The maximum atomic E-state index is 11.4. The summed E-state index contributed by atoms with van der Waals surface area (Å²) in [5.74, 6) is -0.912. The van der Waals surface area contributed by atoms with E-state index in [9.17, 15) is 9.59 Å². The number of amides is 2. The van der Waals surface area contributed by atoms with Gasteiger partial charge in [0.1, 0.15) is 0 Å². The fourth-order valence-electron chi connectivity index (χ4n) is 1.53. The van der Waals surface area contributed by atoms with E-state index < -0.39 is 5.97 Å². The number of nitrogens with zero attached hydrogens (tertiary/aromatic N) is 1. The van der Waals surface area contributed by atoms with Crippen LogP contribution >= 0.6 is 0 Å². The van der Waals surface area contributed by atoms with Crippen molar-refractivity contribution in [1.82, 2.24) is 15.5 Å². The molecule has 112 valence electrons. The lowest BCUT2D eigenvalue weighted by atomic mass is 10.2. The van der Waals surface area contributed by atoms with Crippen molar-refractivity contribution in [3.05, 3.63) is 0 Å². The highest BCUT2D eigenvalue weighted by molar-refractivity contribution is 5.75. The molecular formula is C13H27N3O3. The lowest BCUT2D eigenvalue weighted by Crippen LogP contribution is -2.42. The van der Waals surface area contributed by atoms with Gasteiger partial charge in [-0.15, -0.1) is 0 Å². The molecule has 0 bridgehead atoms. The third-order valence-electron chi connectivity index (χ3n) is 2.96. The van der Waals surface area contributed by atoms with Gasteiger partial charge in [0, 0.05) is 18.6 Å². The molecular weight excluding hydrogens is 246 g/mol. The number of hydrogen-bond donors (Lipinski definition) is 3. The first-order valence-electron chi connectivity index (χ1n) is 6.79. The van der Waals surface area contributed by atoms with E-state index in [2.05, 4.69) is 36.4 Å². The van der Waals surface area contributed by atoms with Crippen LogP contribution in [-0.2, 0) is 4.79 Å². The Hall–Kier alpha value is -1.30. The number of hydrogen-bond acceptors (Lipinski definition) is 3. The molecule has 0 saturated heterocycles. The van der Waals surface area contributed by atoms with Crippen molar-refractivity contribution in [2.24, 2.45) is 0 Å². The lowest BCUT2D eigenvalue weighted by molar-refractivity contribution is -0.137. The zero-order valence-corrected chi connectivity index (χ0v) is 12.4. The molecule has 1 unspecified atom stereocenters. The molecule has 19 heavy (non-hydrogen) atoms. The Balaban J connectivity index is 3.56. The average Bonchev–Trinajstić information content (AvgIpc) is 2.26. The van der Waals surface area contributed by atoms with Crippen LogP contribution in [0.2, 0.25) is 0 Å². The Bertz CT molecular complexity index is 282. The van der Waals surface area contributed by atoms with Crippen LogP contribution in [0.25, 0.3) is 0 Å². The van der Waals surface area contributed by atoms with E-state index in [0.717, 1.165) is 19.4 Å². The summed E-state index contributed by atoms with van der Waals surface area (Å²) in [6.07, 6.45) is 1.88. The minimum atomic E-state index is -0.912. The molecule has 6 nitrogen and oxygen atoms in total. The van der Waals surface area contributed by atoms with Gasteiger partial charge in [-0.2, -0.15) is 0 Å². The Morgan fingerprint density at radius 2 is 1.84 bits per heavy atom. The predicted octanol–water partition coefficient (Wildman–Crippen LogP) is 1.27. The Morgan fingerprint density at radius 1 is 1.21 bits per heavy atom. The number of carboxylic acid groups (broad SMARTS) is 1. The third kappa shape index (κ3) is 10.3. The van der Waals surface area contributed by atoms with E-state index in [4.69, 9.17) is 5.11 Å². The zero-order valence-electron chi connectivity index (χ0n) is 12.4. The van der Waals surface area contributed by atoms with E-state index in [1.807, 2.05) is 0 Å². The van der Waals surface area contributed by atoms with Crippen LogP contribution in [0.3, 0.4) is 0 Å². The maximum absolute atomic E-state index is 11.4. The van der Waals surface area contributed by atoms with Crippen LogP contribution < -0.4 is 10.6 Å². The number of rotatable bonds is 9. The highest BCUT2D eigenvalue weighted by Crippen LogP contribution is 1.97. The lowest BCUT2D eigenvalue weighted by Gasteiger charge is -2.20. The molecule has 3 N–H and O–H groups in total. The van der Waals surface area contributed by atoms with Crippen molar-refractivity contribution >= 4 is 12.0 Å². The van der Waals surface area contributed by atoms with Crippen molar-refractivity contribution in [3.8, 4) is 0 Å². The molecule has 6 heteroatoms. The second-order valence-electron chi connectivity index (χ2n) is 5.18. The number of carbonyl (C=O) groups is 2. The third-order valence-corrected chi connectivity index (χ3v) is 2.96. The van der Waals surface area contributed by atoms with E-state index in [-0.39, 0.29) is 18.5 Å². The fourth-order valence-corrected chi connectivity index (χ4v) is 1.53. The average molecular weight is 273 g/mol. The van der Waals surface area contributed by atoms with E-state index >= 15 is 0 Å². The molecule has 0 radical (unpaired) electrons. The number of aliphatic carboxylic acids is 1. The van der Waals surface area contributed by atoms with Gasteiger partial charge in [-0.3, -0.25) is 4.79 Å². The number of carbonyl (C=O) groups excluding carboxylic acids is 1. The van der Waals surface area contributed by atoms with Crippen LogP contribution in [0.4, 0.5) is 4.79 Å². The minimum Gasteiger partial charge on any atom is -0.481 e. The van der Waals surface area contributed by atoms with Crippen LogP contribution in [0.5, 0.6) is 0 Å². The summed E-state index contributed by atoms with van der Waals surface area (Å²) in [7, 11) is 2.08. The van der Waals surface area contributed by atoms with E-state index in [0.29, 0.717) is 12.6 Å². The Kier molecular flexibility index (Phi) is 8.95. The van der Waals surface area contributed by atoms with Gasteiger partial charge in [-0.1, -0.05) is 0 Å². The summed E-state index contributed by atoms with van der Waals surface area (Å²) in [6, 6.07) is -0.122. The van der Waals surface area contributed by atoms with Crippen molar-refractivity contribution < 1.29 is 14.7 Å². The quantitative estimate of drug-likeness (QED) is 0.553. The molecule has 1 atom stereocenters. The molecule has 0 spiro atoms. The van der Waals surface area contributed by atoms with E-state index in [1.54, 1.807) is 6.92 Å². The molecule has 0 aliphatic heterocycles. The summed E-state index contributed by atoms with van der Waals surface area (Å²) in [5, 5.41) is 13.9. The van der Waals surface area contributed by atoms with Crippen LogP contribution in [-0.4, -0.2) is 54.2 Å². The molecule has 0 rings (SSSR count). The van der Waals surface area contributed by atoms with Gasteiger partial charge in [-0.05, 0) is 47.2 Å². The van der Waals surface area contributed by atoms with Crippen molar-refractivity contribution in [1.29, 1.82) is 0 Å². The van der Waals surface area contributed by atoms with Crippen molar-refractivity contribution in [3.63, 3.8) is 0 Å². The van der Waals surface area contributed by atoms with Crippen molar-refractivity contribution in [2.75, 3.05) is 20.1 Å². The maximum Gasteiger partial charge on any atom is 0.315 e. The summed E-state index contributed by atoms with van der Waals surface area (Å²) in [6.45, 7) is 7.59. The SMILES string of the molecule is CC(CC(=O)O)NC(=O)NCCCCN(C)C(C)C. The van der Waals surface area contributed by atoms with Crippen LogP contribution in [0.1, 0.15) is 40.0 Å². The van der Waals surface area contributed by atoms with Gasteiger partial charge < -0.3 is 20.6 Å². The summed E-state index contributed by atoms with van der Waals surface area (Å²) >= 11 is 0. The molecule has 0 aromatic carbocycles. The highest BCUT2D eigenvalue weighted by Gasteiger charge is 2.10. The first-order chi connectivity index (χ1) is 8.82. The standard InChI is InChI=1S/C13H27N3O3/c1-10(2)16(4)8-6-5-7-14-13(19)15-11(3)9-12(17)18/h10-11H,5-9H2,1-4H3,(H,17,18)(H2,14,15,19). The smallest absolute Gasteiger partial charge is 0.315 e. The van der Waals surface area contributed by atoms with Gasteiger partial charge in [-0.25, -0.2) is 4.79 Å². The first kappa shape index (κ1) is 17.7. The van der Waals surface area contributed by atoms with Gasteiger partial charge in [0.15, 0.2) is 0 Å². The normalized spacial score (nSPS) is 12.5. The molecule has 0 aliphatic carbocycles. The number of unbranched alkanes of at least 4 members (excludes halogenated alkanes) is 1. The monoisotopic (exact) mass is 273 g/mol. The zero-order chi connectivity index (χ0) is 14.8. The molecule has 0 heterocycles. The van der Waals surface area contributed by atoms with Crippen LogP contribution in [0, 0.1) is 0 Å². The number of carboxylic acids is 1. The number of urea groups is 1. The minimum absolute atomic E-state index is 0.0629. The Morgan fingerprint density at radius 3 is 2.37 bits per heavy atom. The van der Waals surface area contributed by atoms with Crippen molar-refractivity contribution in [2.45, 2.75) is 52.1 Å². The van der Waals surface area contributed by atoms with Gasteiger partial charge >= 0.3 is 12.0 Å².